The van der Waals surface area contributed by atoms with Gasteiger partial charge >= 0.3 is 0 Å². The van der Waals surface area contributed by atoms with Crippen molar-refractivity contribution in [3.05, 3.63) is 48.5 Å². The zero-order valence-corrected chi connectivity index (χ0v) is 13.6. The summed E-state index contributed by atoms with van der Waals surface area (Å²) in [6.45, 7) is 1.29. The predicted octanol–water partition coefficient (Wildman–Crippen LogP) is 2.88. The standard InChI is InChI=1S/C18H17N7/c19-7-3-9-25-18-15(11-24-25)17(22-12-23-18)20-8-6-13-10-21-16-5-2-1-4-14(13)16/h1-2,4-5,10-12,21H,3,6,8-9H2,(H,20,22,23). The molecule has 124 valence electrons. The highest BCUT2D eigenvalue weighted by Crippen LogP contribution is 2.20. The highest BCUT2D eigenvalue weighted by Gasteiger charge is 2.09. The van der Waals surface area contributed by atoms with Crippen LogP contribution in [0.3, 0.4) is 0 Å². The molecule has 0 unspecified atom stereocenters. The van der Waals surface area contributed by atoms with Crippen molar-refractivity contribution in [3.8, 4) is 6.07 Å². The van der Waals surface area contributed by atoms with Gasteiger partial charge in [0.2, 0.25) is 0 Å². The molecule has 7 nitrogen and oxygen atoms in total. The Bertz CT molecular complexity index is 1050. The first-order valence-electron chi connectivity index (χ1n) is 8.19. The van der Waals surface area contributed by atoms with Gasteiger partial charge in [0.1, 0.15) is 12.1 Å². The maximum Gasteiger partial charge on any atom is 0.163 e. The average Bonchev–Trinajstić information content (AvgIpc) is 3.25. The summed E-state index contributed by atoms with van der Waals surface area (Å²) in [5.74, 6) is 0.771. The number of nitrogens with one attached hydrogen (secondary N) is 2. The first-order chi connectivity index (χ1) is 12.4. The van der Waals surface area contributed by atoms with Gasteiger partial charge in [0.25, 0.3) is 0 Å². The SMILES string of the molecule is N#CCCn1ncc2c(NCCc3c[nH]c4ccccc34)ncnc21. The van der Waals surface area contributed by atoms with Gasteiger partial charge in [0.15, 0.2) is 5.65 Å². The molecule has 0 bridgehead atoms. The average molecular weight is 331 g/mol. The van der Waals surface area contributed by atoms with Crippen LogP contribution in [0.4, 0.5) is 5.82 Å². The second kappa shape index (κ2) is 6.61. The van der Waals surface area contributed by atoms with E-state index >= 15 is 0 Å². The molecule has 0 spiro atoms. The number of hydrogen-bond acceptors (Lipinski definition) is 5. The third-order valence-electron chi connectivity index (χ3n) is 4.23. The maximum atomic E-state index is 8.73. The lowest BCUT2D eigenvalue weighted by molar-refractivity contribution is 0.643. The number of nitrogens with zero attached hydrogens (tertiary/aromatic N) is 5. The summed E-state index contributed by atoms with van der Waals surface area (Å²) < 4.78 is 1.74. The fraction of sp³-hybridized carbons (Fsp3) is 0.222. The third-order valence-corrected chi connectivity index (χ3v) is 4.23. The monoisotopic (exact) mass is 331 g/mol. The number of hydrogen-bond donors (Lipinski definition) is 2. The van der Waals surface area contributed by atoms with Crippen molar-refractivity contribution >= 4 is 27.8 Å². The smallest absolute Gasteiger partial charge is 0.163 e. The Balaban J connectivity index is 1.49. The van der Waals surface area contributed by atoms with Gasteiger partial charge in [-0.3, -0.25) is 0 Å². The lowest BCUT2D eigenvalue weighted by atomic mass is 10.1. The lowest BCUT2D eigenvalue weighted by Gasteiger charge is -2.06. The summed E-state index contributed by atoms with van der Waals surface area (Å²) in [4.78, 5) is 11.9. The molecule has 2 N–H and O–H groups in total. The molecular weight excluding hydrogens is 314 g/mol. The fourth-order valence-corrected chi connectivity index (χ4v) is 3.01. The third kappa shape index (κ3) is 2.90. The molecule has 0 atom stereocenters. The van der Waals surface area contributed by atoms with Crippen LogP contribution in [0.15, 0.2) is 43.0 Å². The molecule has 3 aromatic heterocycles. The van der Waals surface area contributed by atoms with Crippen LogP contribution >= 0.6 is 0 Å². The van der Waals surface area contributed by atoms with Crippen molar-refractivity contribution in [1.29, 1.82) is 5.26 Å². The molecule has 0 saturated carbocycles. The second-order valence-corrected chi connectivity index (χ2v) is 5.77. The van der Waals surface area contributed by atoms with Gasteiger partial charge in [0, 0.05) is 23.6 Å². The number of rotatable bonds is 6. The second-order valence-electron chi connectivity index (χ2n) is 5.77. The van der Waals surface area contributed by atoms with E-state index in [1.54, 1.807) is 10.9 Å². The van der Waals surface area contributed by atoms with Crippen LogP contribution < -0.4 is 5.32 Å². The molecule has 0 fully saturated rings. The topological polar surface area (TPSA) is 95.2 Å². The van der Waals surface area contributed by atoms with Gasteiger partial charge in [0.05, 0.1) is 30.6 Å². The number of aromatic nitrogens is 5. The quantitative estimate of drug-likeness (QED) is 0.566. The lowest BCUT2D eigenvalue weighted by Crippen LogP contribution is -2.07. The van der Waals surface area contributed by atoms with Gasteiger partial charge in [-0.25, -0.2) is 14.6 Å². The minimum absolute atomic E-state index is 0.407. The summed E-state index contributed by atoms with van der Waals surface area (Å²) in [7, 11) is 0. The molecule has 4 rings (SSSR count). The van der Waals surface area contributed by atoms with Gasteiger partial charge in [-0.2, -0.15) is 10.4 Å². The van der Waals surface area contributed by atoms with Crippen LogP contribution in [0.1, 0.15) is 12.0 Å². The van der Waals surface area contributed by atoms with Gasteiger partial charge in [-0.05, 0) is 18.1 Å². The number of anilines is 1. The van der Waals surface area contributed by atoms with Crippen LogP contribution in [0.2, 0.25) is 0 Å². The Morgan fingerprint density at radius 3 is 3.04 bits per heavy atom. The summed E-state index contributed by atoms with van der Waals surface area (Å²) in [6, 6.07) is 10.4. The van der Waals surface area contributed by atoms with E-state index in [4.69, 9.17) is 5.26 Å². The zero-order chi connectivity index (χ0) is 17.1. The van der Waals surface area contributed by atoms with E-state index in [1.165, 1.54) is 17.3 Å². The van der Waals surface area contributed by atoms with Crippen molar-refractivity contribution in [2.75, 3.05) is 11.9 Å². The number of aromatic amines is 1. The molecule has 0 saturated heterocycles. The van der Waals surface area contributed by atoms with Crippen LogP contribution in [0, 0.1) is 11.3 Å². The Hall–Kier alpha value is -3.40. The number of H-pyrrole nitrogens is 1. The Kier molecular flexibility index (Phi) is 4.01. The van der Waals surface area contributed by atoms with Gasteiger partial charge in [-0.1, -0.05) is 18.2 Å². The van der Waals surface area contributed by atoms with Crippen molar-refractivity contribution in [3.63, 3.8) is 0 Å². The van der Waals surface area contributed by atoms with E-state index in [9.17, 15) is 0 Å². The number of para-hydroxylation sites is 1. The van der Waals surface area contributed by atoms with Crippen molar-refractivity contribution in [2.24, 2.45) is 0 Å². The van der Waals surface area contributed by atoms with Crippen molar-refractivity contribution in [1.82, 2.24) is 24.7 Å². The van der Waals surface area contributed by atoms with E-state index in [0.717, 1.165) is 35.3 Å². The van der Waals surface area contributed by atoms with Crippen LogP contribution in [-0.4, -0.2) is 31.3 Å². The largest absolute Gasteiger partial charge is 0.369 e. The van der Waals surface area contributed by atoms with Crippen LogP contribution in [0.5, 0.6) is 0 Å². The van der Waals surface area contributed by atoms with Crippen LogP contribution in [0.25, 0.3) is 21.9 Å². The van der Waals surface area contributed by atoms with Crippen molar-refractivity contribution in [2.45, 2.75) is 19.4 Å². The number of nitriles is 1. The predicted molar refractivity (Wildman–Crippen MR) is 96.0 cm³/mol. The highest BCUT2D eigenvalue weighted by molar-refractivity contribution is 5.86. The minimum Gasteiger partial charge on any atom is -0.369 e. The Morgan fingerprint density at radius 1 is 1.20 bits per heavy atom. The molecule has 0 radical (unpaired) electrons. The molecule has 0 aliphatic carbocycles. The number of fused-ring (bicyclic) bond motifs is 2. The van der Waals surface area contributed by atoms with E-state index in [1.807, 2.05) is 6.07 Å². The molecule has 0 aliphatic rings. The first kappa shape index (κ1) is 15.1. The first-order valence-corrected chi connectivity index (χ1v) is 8.19. The van der Waals surface area contributed by atoms with Gasteiger partial charge < -0.3 is 10.3 Å². The molecule has 1 aromatic carbocycles. The number of benzene rings is 1. The molecule has 3 heterocycles. The normalized spacial score (nSPS) is 11.0. The van der Waals surface area contributed by atoms with E-state index in [2.05, 4.69) is 55.8 Å². The van der Waals surface area contributed by atoms with Crippen molar-refractivity contribution < 1.29 is 0 Å². The molecule has 7 heteroatoms. The van der Waals surface area contributed by atoms with E-state index < -0.39 is 0 Å². The number of aryl methyl sites for hydroxylation is 1. The van der Waals surface area contributed by atoms with Crippen LogP contribution in [-0.2, 0) is 13.0 Å². The molecule has 0 amide bonds. The summed E-state index contributed by atoms with van der Waals surface area (Å²) in [5.41, 5.74) is 3.18. The fourth-order valence-electron chi connectivity index (χ4n) is 3.01. The highest BCUT2D eigenvalue weighted by atomic mass is 15.3. The zero-order valence-electron chi connectivity index (χ0n) is 13.6. The summed E-state index contributed by atoms with van der Waals surface area (Å²) in [6.07, 6.45) is 6.63. The van der Waals surface area contributed by atoms with E-state index in [0.29, 0.717) is 13.0 Å². The maximum absolute atomic E-state index is 8.73. The molecule has 0 aliphatic heterocycles. The Labute approximate surface area is 144 Å². The molecule has 4 aromatic rings. The van der Waals surface area contributed by atoms with E-state index in [-0.39, 0.29) is 0 Å². The van der Waals surface area contributed by atoms with Gasteiger partial charge in [-0.15, -0.1) is 0 Å². The summed E-state index contributed by atoms with van der Waals surface area (Å²) >= 11 is 0. The summed E-state index contributed by atoms with van der Waals surface area (Å²) in [5, 5.41) is 18.5. The molecule has 25 heavy (non-hydrogen) atoms. The Morgan fingerprint density at radius 2 is 2.12 bits per heavy atom. The minimum atomic E-state index is 0.407. The molecular formula is C18H17N7.